The molecule has 0 amide bonds. The summed E-state index contributed by atoms with van der Waals surface area (Å²) in [6.45, 7) is 12.8. The molecule has 0 aliphatic rings. The predicted octanol–water partition coefficient (Wildman–Crippen LogP) is 1.87. The van der Waals surface area contributed by atoms with Gasteiger partial charge in [-0.05, 0) is 26.2 Å². The first-order chi connectivity index (χ1) is 4.83. The average molecular weight is 162 g/mol. The van der Waals surface area contributed by atoms with Crippen molar-refractivity contribution in [3.05, 3.63) is 0 Å². The monoisotopic (exact) mass is 162 g/mol. The van der Waals surface area contributed by atoms with Gasteiger partial charge in [0, 0.05) is 0 Å². The highest BCUT2D eigenvalue weighted by atomic mass is 14.8. The zero-order chi connectivity index (χ0) is 8.24. The van der Waals surface area contributed by atoms with Crippen LogP contribution >= 0.6 is 0 Å². The van der Waals surface area contributed by atoms with E-state index in [9.17, 15) is 0 Å². The van der Waals surface area contributed by atoms with E-state index < -0.39 is 0 Å². The van der Waals surface area contributed by atoms with Crippen molar-refractivity contribution in [3.63, 3.8) is 0 Å². The number of hydrogen-bond donors (Lipinski definition) is 2. The number of rotatable bonds is 4. The molecule has 0 saturated carbocycles. The van der Waals surface area contributed by atoms with Gasteiger partial charge in [0.1, 0.15) is 0 Å². The summed E-state index contributed by atoms with van der Waals surface area (Å²) in [5.41, 5.74) is 0. The molecular weight excluding hydrogens is 136 g/mol. The highest BCUT2D eigenvalue weighted by Crippen LogP contribution is 1.48. The van der Waals surface area contributed by atoms with E-state index in [1.54, 1.807) is 0 Å². The molecule has 0 atom stereocenters. The van der Waals surface area contributed by atoms with Gasteiger partial charge in [0.25, 0.3) is 0 Å². The Hall–Kier alpha value is -0.0800. The molecule has 0 saturated heterocycles. The first kappa shape index (κ1) is 17.1. The standard InChI is InChI=1S/2C4H11N.CH4/c2*1-3-5-4-2;/h2*5H,3-4H2,1-2H3;1H4. The highest BCUT2D eigenvalue weighted by molar-refractivity contribution is 4.28. The molecule has 0 radical (unpaired) electrons. The van der Waals surface area contributed by atoms with Crippen LogP contribution in [0, 0.1) is 0 Å². The summed E-state index contributed by atoms with van der Waals surface area (Å²) in [7, 11) is 0. The fourth-order valence-electron chi connectivity index (χ4n) is 0.500. The maximum absolute atomic E-state index is 3.11. The molecular formula is C9H26N2. The predicted molar refractivity (Wildman–Crippen MR) is 55.2 cm³/mol. The van der Waals surface area contributed by atoms with Crippen LogP contribution in [0.2, 0.25) is 0 Å². The van der Waals surface area contributed by atoms with Gasteiger partial charge in [0.05, 0.1) is 0 Å². The fourth-order valence-corrected chi connectivity index (χ4v) is 0.500. The summed E-state index contributed by atoms with van der Waals surface area (Å²) in [5, 5.41) is 6.22. The summed E-state index contributed by atoms with van der Waals surface area (Å²) < 4.78 is 0. The van der Waals surface area contributed by atoms with Crippen LogP contribution in [0.15, 0.2) is 0 Å². The zero-order valence-corrected chi connectivity index (χ0v) is 7.83. The Balaban J connectivity index is -0.000000107. The molecule has 0 unspecified atom stereocenters. The lowest BCUT2D eigenvalue weighted by molar-refractivity contribution is 0.762. The first-order valence-electron chi connectivity index (χ1n) is 4.24. The van der Waals surface area contributed by atoms with E-state index in [0.717, 1.165) is 26.2 Å². The van der Waals surface area contributed by atoms with Crippen molar-refractivity contribution in [1.29, 1.82) is 0 Å². The van der Waals surface area contributed by atoms with E-state index in [1.165, 1.54) is 0 Å². The van der Waals surface area contributed by atoms with E-state index in [1.807, 2.05) is 0 Å². The molecule has 72 valence electrons. The van der Waals surface area contributed by atoms with Crippen molar-refractivity contribution in [1.82, 2.24) is 10.6 Å². The second-order valence-corrected chi connectivity index (χ2v) is 1.91. The van der Waals surface area contributed by atoms with Crippen molar-refractivity contribution in [2.75, 3.05) is 26.2 Å². The van der Waals surface area contributed by atoms with E-state index in [4.69, 9.17) is 0 Å². The maximum atomic E-state index is 3.11. The van der Waals surface area contributed by atoms with Crippen LogP contribution in [0.5, 0.6) is 0 Å². The van der Waals surface area contributed by atoms with Crippen LogP contribution in [0.4, 0.5) is 0 Å². The molecule has 0 rings (SSSR count). The van der Waals surface area contributed by atoms with Crippen LogP contribution < -0.4 is 10.6 Å². The molecule has 11 heavy (non-hydrogen) atoms. The van der Waals surface area contributed by atoms with Gasteiger partial charge >= 0.3 is 0 Å². The largest absolute Gasteiger partial charge is 0.317 e. The summed E-state index contributed by atoms with van der Waals surface area (Å²) in [6, 6.07) is 0. The van der Waals surface area contributed by atoms with Gasteiger partial charge < -0.3 is 10.6 Å². The third kappa shape index (κ3) is 40.5. The normalized spacial score (nSPS) is 7.64. The zero-order valence-electron chi connectivity index (χ0n) is 7.83. The molecule has 0 heterocycles. The molecule has 0 aliphatic carbocycles. The van der Waals surface area contributed by atoms with Crippen molar-refractivity contribution in [2.24, 2.45) is 0 Å². The van der Waals surface area contributed by atoms with E-state index in [2.05, 4.69) is 38.3 Å². The van der Waals surface area contributed by atoms with Gasteiger partial charge in [0.15, 0.2) is 0 Å². The molecule has 2 nitrogen and oxygen atoms in total. The Kier molecular flexibility index (Phi) is 35.1. The van der Waals surface area contributed by atoms with Crippen molar-refractivity contribution in [2.45, 2.75) is 35.1 Å². The molecule has 2 N–H and O–H groups in total. The third-order valence-corrected chi connectivity index (χ3v) is 1.000. The topological polar surface area (TPSA) is 24.1 Å². The fraction of sp³-hybridized carbons (Fsp3) is 1.00. The second-order valence-electron chi connectivity index (χ2n) is 1.91. The Morgan fingerprint density at radius 1 is 0.636 bits per heavy atom. The van der Waals surface area contributed by atoms with Crippen LogP contribution in [0.25, 0.3) is 0 Å². The molecule has 0 aromatic rings. The maximum Gasteiger partial charge on any atom is -0.00775 e. The summed E-state index contributed by atoms with van der Waals surface area (Å²) in [5.74, 6) is 0. The molecule has 0 bridgehead atoms. The minimum Gasteiger partial charge on any atom is -0.317 e. The molecule has 0 aromatic carbocycles. The van der Waals surface area contributed by atoms with E-state index in [-0.39, 0.29) is 7.43 Å². The summed E-state index contributed by atoms with van der Waals surface area (Å²) in [4.78, 5) is 0. The Labute approximate surface area is 72.8 Å². The van der Waals surface area contributed by atoms with E-state index in [0.29, 0.717) is 0 Å². The SMILES string of the molecule is C.CCNCC.CCNCC. The molecule has 2 heteroatoms. The van der Waals surface area contributed by atoms with Crippen molar-refractivity contribution < 1.29 is 0 Å². The molecule has 0 fully saturated rings. The molecule has 0 aliphatic heterocycles. The Morgan fingerprint density at radius 2 is 0.818 bits per heavy atom. The van der Waals surface area contributed by atoms with Gasteiger partial charge in [-0.3, -0.25) is 0 Å². The highest BCUT2D eigenvalue weighted by Gasteiger charge is 1.63. The lowest BCUT2D eigenvalue weighted by Crippen LogP contribution is -2.09. The lowest BCUT2D eigenvalue weighted by atomic mass is 10.7. The van der Waals surface area contributed by atoms with Gasteiger partial charge in [-0.1, -0.05) is 35.1 Å². The van der Waals surface area contributed by atoms with E-state index >= 15 is 0 Å². The second kappa shape index (κ2) is 22.5. The van der Waals surface area contributed by atoms with Crippen LogP contribution in [0.1, 0.15) is 35.1 Å². The quantitative estimate of drug-likeness (QED) is 0.659. The van der Waals surface area contributed by atoms with Gasteiger partial charge in [-0.15, -0.1) is 0 Å². The van der Waals surface area contributed by atoms with Crippen molar-refractivity contribution in [3.8, 4) is 0 Å². The number of hydrogen-bond acceptors (Lipinski definition) is 2. The average Bonchev–Trinajstić information content (AvgIpc) is 1.93. The van der Waals surface area contributed by atoms with Gasteiger partial charge in [-0.2, -0.15) is 0 Å². The van der Waals surface area contributed by atoms with Crippen LogP contribution in [0.3, 0.4) is 0 Å². The first-order valence-corrected chi connectivity index (χ1v) is 4.24. The van der Waals surface area contributed by atoms with Gasteiger partial charge in [-0.25, -0.2) is 0 Å². The smallest absolute Gasteiger partial charge is 0.00775 e. The van der Waals surface area contributed by atoms with Crippen LogP contribution in [-0.2, 0) is 0 Å². The Bertz CT molecular complexity index is 28.5. The lowest BCUT2D eigenvalue weighted by Gasteiger charge is -1.86. The minimum absolute atomic E-state index is 0. The molecule has 0 aromatic heterocycles. The molecule has 0 spiro atoms. The Morgan fingerprint density at radius 3 is 0.818 bits per heavy atom. The minimum atomic E-state index is 0. The summed E-state index contributed by atoms with van der Waals surface area (Å²) >= 11 is 0. The summed E-state index contributed by atoms with van der Waals surface area (Å²) in [6.07, 6.45) is 0. The van der Waals surface area contributed by atoms with Crippen molar-refractivity contribution >= 4 is 0 Å². The third-order valence-electron chi connectivity index (χ3n) is 1.000. The number of nitrogens with one attached hydrogen (secondary N) is 2. The van der Waals surface area contributed by atoms with Gasteiger partial charge in [0.2, 0.25) is 0 Å². The van der Waals surface area contributed by atoms with Crippen LogP contribution in [-0.4, -0.2) is 26.2 Å².